The van der Waals surface area contributed by atoms with E-state index in [2.05, 4.69) is 22.3 Å². The van der Waals surface area contributed by atoms with Crippen molar-refractivity contribution in [3.05, 3.63) is 28.8 Å². The third-order valence-electron chi connectivity index (χ3n) is 2.91. The van der Waals surface area contributed by atoms with Gasteiger partial charge < -0.3 is 9.84 Å². The quantitative estimate of drug-likeness (QED) is 0.547. The van der Waals surface area contributed by atoms with E-state index in [1.807, 2.05) is 19.1 Å². The van der Waals surface area contributed by atoms with Gasteiger partial charge in [-0.3, -0.25) is 0 Å². The Labute approximate surface area is 108 Å². The monoisotopic (exact) mass is 260 g/mol. The number of nitrogens with one attached hydrogen (secondary N) is 1. The van der Waals surface area contributed by atoms with Crippen LogP contribution < -0.4 is 11.3 Å². The molecule has 0 aliphatic heterocycles. The fourth-order valence-corrected chi connectivity index (χ4v) is 2.90. The Morgan fingerprint density at radius 2 is 2.17 bits per heavy atom. The van der Waals surface area contributed by atoms with Gasteiger partial charge in [-0.25, -0.2) is 15.8 Å². The van der Waals surface area contributed by atoms with Crippen LogP contribution in [-0.4, -0.2) is 9.97 Å². The Hall–Kier alpha value is -1.92. The van der Waals surface area contributed by atoms with Gasteiger partial charge in [-0.1, -0.05) is 0 Å². The Kier molecular flexibility index (Phi) is 2.53. The molecule has 0 saturated carbocycles. The summed E-state index contributed by atoms with van der Waals surface area (Å²) in [5.74, 6) is 7.36. The molecule has 0 amide bonds. The van der Waals surface area contributed by atoms with Crippen LogP contribution in [0.3, 0.4) is 0 Å². The Morgan fingerprint density at radius 1 is 1.33 bits per heavy atom. The van der Waals surface area contributed by atoms with Crippen molar-refractivity contribution in [2.75, 3.05) is 5.43 Å². The number of hydrogen-bond acceptors (Lipinski definition) is 6. The molecule has 0 bridgehead atoms. The lowest BCUT2D eigenvalue weighted by Gasteiger charge is -2.04. The predicted molar refractivity (Wildman–Crippen MR) is 72.4 cm³/mol. The Morgan fingerprint density at radius 3 is 2.83 bits per heavy atom. The van der Waals surface area contributed by atoms with E-state index in [0.717, 1.165) is 15.8 Å². The molecule has 5 nitrogen and oxygen atoms in total. The van der Waals surface area contributed by atoms with E-state index in [9.17, 15) is 0 Å². The zero-order valence-electron chi connectivity index (χ0n) is 10.0. The molecule has 0 aromatic carbocycles. The van der Waals surface area contributed by atoms with Crippen molar-refractivity contribution < 1.29 is 4.42 Å². The molecule has 18 heavy (non-hydrogen) atoms. The highest BCUT2D eigenvalue weighted by molar-refractivity contribution is 7.18. The molecule has 3 heterocycles. The molecule has 0 unspecified atom stereocenters. The molecule has 0 saturated heterocycles. The summed E-state index contributed by atoms with van der Waals surface area (Å²) < 4.78 is 5.32. The van der Waals surface area contributed by atoms with E-state index >= 15 is 0 Å². The van der Waals surface area contributed by atoms with Gasteiger partial charge in [0.2, 0.25) is 0 Å². The minimum atomic E-state index is 0.543. The Bertz CT molecular complexity index is 703. The average molecular weight is 260 g/mol. The van der Waals surface area contributed by atoms with Crippen LogP contribution >= 0.6 is 11.3 Å². The lowest BCUT2D eigenvalue weighted by Crippen LogP contribution is -2.10. The molecular formula is C12H12N4OS. The van der Waals surface area contributed by atoms with Crippen LogP contribution in [-0.2, 0) is 0 Å². The van der Waals surface area contributed by atoms with Crippen LogP contribution in [0, 0.1) is 13.8 Å². The van der Waals surface area contributed by atoms with Crippen molar-refractivity contribution >= 4 is 27.4 Å². The number of thiophene rings is 1. The lowest BCUT2D eigenvalue weighted by atomic mass is 10.2. The van der Waals surface area contributed by atoms with Gasteiger partial charge in [0, 0.05) is 4.88 Å². The number of nitrogens with zero attached hydrogens (tertiary/aromatic N) is 2. The van der Waals surface area contributed by atoms with E-state index in [0.29, 0.717) is 17.4 Å². The molecule has 0 spiro atoms. The highest BCUT2D eigenvalue weighted by atomic mass is 32.1. The molecule has 6 heteroatoms. The average Bonchev–Trinajstić information content (AvgIpc) is 2.98. The molecule has 3 aromatic heterocycles. The molecule has 0 radical (unpaired) electrons. The topological polar surface area (TPSA) is 77.0 Å². The molecule has 92 valence electrons. The van der Waals surface area contributed by atoms with E-state index in [1.165, 1.54) is 4.88 Å². The maximum Gasteiger partial charge on any atom is 0.199 e. The van der Waals surface area contributed by atoms with E-state index in [4.69, 9.17) is 10.3 Å². The summed E-state index contributed by atoms with van der Waals surface area (Å²) in [6.45, 7) is 4.11. The summed E-state index contributed by atoms with van der Waals surface area (Å²) in [7, 11) is 0. The lowest BCUT2D eigenvalue weighted by molar-refractivity contribution is 0.578. The third kappa shape index (κ3) is 1.58. The van der Waals surface area contributed by atoms with Crippen molar-refractivity contribution in [3.63, 3.8) is 0 Å². The molecular weight excluding hydrogens is 248 g/mol. The van der Waals surface area contributed by atoms with E-state index in [-0.39, 0.29) is 0 Å². The molecule has 0 aliphatic rings. The van der Waals surface area contributed by atoms with Gasteiger partial charge in [-0.15, -0.1) is 11.3 Å². The summed E-state index contributed by atoms with van der Waals surface area (Å²) in [6.07, 6.45) is 1.60. The number of rotatable bonds is 2. The molecule has 0 atom stereocenters. The van der Waals surface area contributed by atoms with Crippen molar-refractivity contribution in [2.45, 2.75) is 13.8 Å². The largest absolute Gasteiger partial charge is 0.461 e. The molecule has 0 fully saturated rings. The van der Waals surface area contributed by atoms with Gasteiger partial charge in [-0.2, -0.15) is 0 Å². The van der Waals surface area contributed by atoms with Crippen molar-refractivity contribution in [2.24, 2.45) is 5.84 Å². The Balaban J connectivity index is 2.32. The second-order valence-corrected chi connectivity index (χ2v) is 5.18. The third-order valence-corrected chi connectivity index (χ3v) is 4.01. The fraction of sp³-hybridized carbons (Fsp3) is 0.167. The normalized spacial score (nSPS) is 11.1. The first-order chi connectivity index (χ1) is 8.70. The zero-order chi connectivity index (χ0) is 12.7. The summed E-state index contributed by atoms with van der Waals surface area (Å²) in [5, 5.41) is 0.982. The van der Waals surface area contributed by atoms with Crippen LogP contribution in [0.25, 0.3) is 21.8 Å². The van der Waals surface area contributed by atoms with Crippen LogP contribution in [0.5, 0.6) is 0 Å². The van der Waals surface area contributed by atoms with Crippen LogP contribution in [0.1, 0.15) is 10.4 Å². The van der Waals surface area contributed by atoms with E-state index in [1.54, 1.807) is 17.6 Å². The summed E-state index contributed by atoms with van der Waals surface area (Å²) in [4.78, 5) is 11.1. The van der Waals surface area contributed by atoms with Crippen LogP contribution in [0.4, 0.5) is 5.82 Å². The summed E-state index contributed by atoms with van der Waals surface area (Å²) in [6, 6.07) is 3.64. The van der Waals surface area contributed by atoms with Gasteiger partial charge in [0.25, 0.3) is 0 Å². The zero-order valence-corrected chi connectivity index (χ0v) is 10.8. The molecule has 3 N–H and O–H groups in total. The van der Waals surface area contributed by atoms with Gasteiger partial charge >= 0.3 is 0 Å². The second-order valence-electron chi connectivity index (χ2n) is 3.98. The summed E-state index contributed by atoms with van der Waals surface area (Å²) in [5.41, 5.74) is 3.80. The highest BCUT2D eigenvalue weighted by Crippen LogP contribution is 2.34. The van der Waals surface area contributed by atoms with Gasteiger partial charge in [-0.05, 0) is 31.5 Å². The number of anilines is 1. The van der Waals surface area contributed by atoms with Gasteiger partial charge in [0.15, 0.2) is 17.4 Å². The number of hydrogen-bond donors (Lipinski definition) is 2. The number of aryl methyl sites for hydroxylation is 2. The predicted octanol–water partition coefficient (Wildman–Crippen LogP) is 2.85. The van der Waals surface area contributed by atoms with Crippen molar-refractivity contribution in [1.82, 2.24) is 9.97 Å². The first kappa shape index (κ1) is 11.2. The fourth-order valence-electron chi connectivity index (χ4n) is 1.87. The number of furan rings is 1. The van der Waals surface area contributed by atoms with Gasteiger partial charge in [0.05, 0.1) is 11.6 Å². The van der Waals surface area contributed by atoms with Crippen molar-refractivity contribution in [3.8, 4) is 11.6 Å². The van der Waals surface area contributed by atoms with Crippen LogP contribution in [0.2, 0.25) is 0 Å². The number of aromatic nitrogens is 2. The number of fused-ring (bicyclic) bond motifs is 1. The first-order valence-electron chi connectivity index (χ1n) is 5.49. The van der Waals surface area contributed by atoms with Gasteiger partial charge in [0.1, 0.15) is 4.83 Å². The molecule has 0 aliphatic carbocycles. The number of nitrogens with two attached hydrogens (primary N) is 1. The number of hydrazine groups is 1. The molecule has 3 rings (SSSR count). The SMILES string of the molecule is Cc1sc2nc(-c3ccco3)nc(NN)c2c1C. The standard InChI is InChI=1S/C12H12N4OS/c1-6-7(2)18-12-9(6)11(16-13)14-10(15-12)8-4-3-5-17-8/h3-5H,13H2,1-2H3,(H,14,15,16). The minimum Gasteiger partial charge on any atom is -0.461 e. The maximum atomic E-state index is 5.55. The summed E-state index contributed by atoms with van der Waals surface area (Å²) >= 11 is 1.63. The second kappa shape index (κ2) is 4.08. The number of nitrogen functional groups attached to an aromatic ring is 1. The van der Waals surface area contributed by atoms with Crippen molar-refractivity contribution in [1.29, 1.82) is 0 Å². The van der Waals surface area contributed by atoms with E-state index < -0.39 is 0 Å². The smallest absolute Gasteiger partial charge is 0.199 e. The maximum absolute atomic E-state index is 5.55. The molecule has 3 aromatic rings. The first-order valence-corrected chi connectivity index (χ1v) is 6.30. The highest BCUT2D eigenvalue weighted by Gasteiger charge is 2.15. The minimum absolute atomic E-state index is 0.543. The van der Waals surface area contributed by atoms with Crippen LogP contribution in [0.15, 0.2) is 22.8 Å².